The van der Waals surface area contributed by atoms with Gasteiger partial charge in [-0.25, -0.2) is 9.67 Å². The van der Waals surface area contributed by atoms with Gasteiger partial charge in [0, 0.05) is 0 Å². The van der Waals surface area contributed by atoms with Crippen molar-refractivity contribution >= 4 is 44.2 Å². The molecule has 2 aromatic heterocycles. The van der Waals surface area contributed by atoms with Gasteiger partial charge in [0.15, 0.2) is 5.13 Å². The number of amides is 1. The Bertz CT molecular complexity index is 1140. The van der Waals surface area contributed by atoms with Crippen LogP contribution in [0.1, 0.15) is 16.1 Å². The van der Waals surface area contributed by atoms with Gasteiger partial charge in [-0.1, -0.05) is 41.1 Å². The summed E-state index contributed by atoms with van der Waals surface area (Å²) in [4.78, 5) is 17.2. The molecule has 0 saturated carbocycles. The van der Waals surface area contributed by atoms with Gasteiger partial charge in [0.2, 0.25) is 0 Å². The molecule has 2 heterocycles. The van der Waals surface area contributed by atoms with Crippen molar-refractivity contribution in [1.82, 2.24) is 14.8 Å². The number of fused-ring (bicyclic) bond motifs is 1. The minimum Gasteiger partial charge on any atom is -0.494 e. The van der Waals surface area contributed by atoms with E-state index in [1.807, 2.05) is 37.3 Å². The SMILES string of the molecule is COc1ccc(Cl)c2sc(NC(=O)c3cnn(-c4ccccc4)c3C)nc12. The summed E-state index contributed by atoms with van der Waals surface area (Å²) < 4.78 is 7.81. The first-order valence-electron chi connectivity index (χ1n) is 8.13. The number of aromatic nitrogens is 3. The maximum Gasteiger partial charge on any atom is 0.260 e. The fraction of sp³-hybridized carbons (Fsp3) is 0.105. The van der Waals surface area contributed by atoms with Gasteiger partial charge in [0.25, 0.3) is 5.91 Å². The van der Waals surface area contributed by atoms with E-state index in [2.05, 4.69) is 15.4 Å². The number of para-hydroxylation sites is 1. The summed E-state index contributed by atoms with van der Waals surface area (Å²) in [5.74, 6) is 0.336. The number of rotatable bonds is 4. The Morgan fingerprint density at radius 2 is 2.00 bits per heavy atom. The summed E-state index contributed by atoms with van der Waals surface area (Å²) in [6.45, 7) is 1.85. The van der Waals surface area contributed by atoms with Crippen molar-refractivity contribution in [3.63, 3.8) is 0 Å². The van der Waals surface area contributed by atoms with Gasteiger partial charge < -0.3 is 4.74 Å². The molecule has 136 valence electrons. The first-order valence-corrected chi connectivity index (χ1v) is 9.32. The molecule has 0 unspecified atom stereocenters. The molecule has 0 radical (unpaired) electrons. The normalized spacial score (nSPS) is 10.9. The lowest BCUT2D eigenvalue weighted by Gasteiger charge is -2.05. The summed E-state index contributed by atoms with van der Waals surface area (Å²) in [7, 11) is 1.57. The van der Waals surface area contributed by atoms with Crippen molar-refractivity contribution in [2.75, 3.05) is 12.4 Å². The quantitative estimate of drug-likeness (QED) is 0.540. The molecule has 0 aliphatic rings. The average Bonchev–Trinajstić information content (AvgIpc) is 3.27. The van der Waals surface area contributed by atoms with E-state index in [0.717, 1.165) is 16.1 Å². The minimum atomic E-state index is -0.274. The minimum absolute atomic E-state index is 0.274. The Morgan fingerprint density at radius 3 is 2.74 bits per heavy atom. The molecule has 0 saturated heterocycles. The number of ether oxygens (including phenoxy) is 1. The molecule has 0 aliphatic carbocycles. The Labute approximate surface area is 164 Å². The number of nitrogens with zero attached hydrogens (tertiary/aromatic N) is 3. The lowest BCUT2D eigenvalue weighted by Crippen LogP contribution is -2.12. The molecule has 0 aliphatic heterocycles. The number of methoxy groups -OCH3 is 1. The summed E-state index contributed by atoms with van der Waals surface area (Å²) >= 11 is 7.54. The van der Waals surface area contributed by atoms with E-state index in [1.165, 1.54) is 11.3 Å². The van der Waals surface area contributed by atoms with E-state index in [9.17, 15) is 4.79 Å². The van der Waals surface area contributed by atoms with Gasteiger partial charge in [-0.2, -0.15) is 5.10 Å². The van der Waals surface area contributed by atoms with Gasteiger partial charge >= 0.3 is 0 Å². The van der Waals surface area contributed by atoms with Gasteiger partial charge in [0.05, 0.1) is 40.0 Å². The molecule has 0 atom stereocenters. The van der Waals surface area contributed by atoms with Crippen LogP contribution in [0.2, 0.25) is 5.02 Å². The van der Waals surface area contributed by atoms with Crippen LogP contribution in [0.15, 0.2) is 48.7 Å². The second-order valence-corrected chi connectivity index (χ2v) is 7.20. The number of anilines is 1. The molecule has 0 fully saturated rings. The van der Waals surface area contributed by atoms with Crippen molar-refractivity contribution < 1.29 is 9.53 Å². The standard InChI is InChI=1S/C19H15ClN4O2S/c1-11-13(10-21-24(11)12-6-4-3-5-7-12)18(25)23-19-22-16-15(26-2)9-8-14(20)17(16)27-19/h3-10H,1-2H3,(H,22,23,25). The zero-order chi connectivity index (χ0) is 19.0. The lowest BCUT2D eigenvalue weighted by atomic mass is 10.2. The molecule has 6 nitrogen and oxygen atoms in total. The van der Waals surface area contributed by atoms with E-state index >= 15 is 0 Å². The van der Waals surface area contributed by atoms with Crippen molar-refractivity contribution in [3.8, 4) is 11.4 Å². The second-order valence-electron chi connectivity index (χ2n) is 5.79. The summed E-state index contributed by atoms with van der Waals surface area (Å²) in [6.07, 6.45) is 1.55. The van der Waals surface area contributed by atoms with Gasteiger partial charge in [-0.05, 0) is 31.2 Å². The third-order valence-corrected chi connectivity index (χ3v) is 5.59. The molecule has 4 rings (SSSR count). The van der Waals surface area contributed by atoms with Crippen LogP contribution in [0.4, 0.5) is 5.13 Å². The Kier molecular flexibility index (Phi) is 4.55. The Balaban J connectivity index is 1.65. The molecule has 0 bridgehead atoms. The second kappa shape index (κ2) is 7.02. The van der Waals surface area contributed by atoms with Gasteiger partial charge in [-0.3, -0.25) is 10.1 Å². The number of carbonyl (C=O) groups is 1. The van der Waals surface area contributed by atoms with Crippen molar-refractivity contribution in [3.05, 3.63) is 64.9 Å². The van der Waals surface area contributed by atoms with Crippen LogP contribution >= 0.6 is 22.9 Å². The number of hydrogen-bond donors (Lipinski definition) is 1. The van der Waals surface area contributed by atoms with E-state index in [-0.39, 0.29) is 5.91 Å². The smallest absolute Gasteiger partial charge is 0.260 e. The van der Waals surface area contributed by atoms with Crippen LogP contribution in [-0.4, -0.2) is 27.8 Å². The largest absolute Gasteiger partial charge is 0.494 e. The van der Waals surface area contributed by atoms with Crippen molar-refractivity contribution in [2.45, 2.75) is 6.92 Å². The number of nitrogens with one attached hydrogen (secondary N) is 1. The van der Waals surface area contributed by atoms with Crippen LogP contribution in [0, 0.1) is 6.92 Å². The van der Waals surface area contributed by atoms with Crippen LogP contribution in [-0.2, 0) is 0 Å². The van der Waals surface area contributed by atoms with Crippen LogP contribution < -0.4 is 10.1 Å². The Morgan fingerprint density at radius 1 is 1.22 bits per heavy atom. The van der Waals surface area contributed by atoms with Gasteiger partial charge in [0.1, 0.15) is 11.3 Å². The highest BCUT2D eigenvalue weighted by atomic mass is 35.5. The maximum atomic E-state index is 12.7. The summed E-state index contributed by atoms with van der Waals surface area (Å²) in [6, 6.07) is 13.2. The summed E-state index contributed by atoms with van der Waals surface area (Å²) in [5, 5.41) is 8.18. The molecule has 8 heteroatoms. The molecule has 27 heavy (non-hydrogen) atoms. The topological polar surface area (TPSA) is 69.0 Å². The molecule has 1 amide bonds. The highest BCUT2D eigenvalue weighted by molar-refractivity contribution is 7.23. The number of hydrogen-bond acceptors (Lipinski definition) is 5. The van der Waals surface area contributed by atoms with Crippen molar-refractivity contribution in [2.24, 2.45) is 0 Å². The Hall–Kier alpha value is -2.90. The zero-order valence-electron chi connectivity index (χ0n) is 14.6. The number of benzene rings is 2. The lowest BCUT2D eigenvalue weighted by molar-refractivity contribution is 0.102. The van der Waals surface area contributed by atoms with Crippen molar-refractivity contribution in [1.29, 1.82) is 0 Å². The molecular weight excluding hydrogens is 384 g/mol. The first-order chi connectivity index (χ1) is 13.1. The molecule has 2 aromatic carbocycles. The highest BCUT2D eigenvalue weighted by Gasteiger charge is 2.18. The molecule has 4 aromatic rings. The van der Waals surface area contributed by atoms with Crippen LogP contribution in [0.5, 0.6) is 5.75 Å². The fourth-order valence-electron chi connectivity index (χ4n) is 2.80. The third kappa shape index (κ3) is 3.15. The predicted octanol–water partition coefficient (Wildman–Crippen LogP) is 4.70. The fourth-order valence-corrected chi connectivity index (χ4v) is 3.95. The first kappa shape index (κ1) is 17.5. The van der Waals surface area contributed by atoms with Crippen LogP contribution in [0.3, 0.4) is 0 Å². The van der Waals surface area contributed by atoms with Gasteiger partial charge in [-0.15, -0.1) is 0 Å². The van der Waals surface area contributed by atoms with E-state index in [4.69, 9.17) is 16.3 Å². The predicted molar refractivity (Wildman–Crippen MR) is 107 cm³/mol. The van der Waals surface area contributed by atoms with E-state index < -0.39 is 0 Å². The number of halogens is 1. The summed E-state index contributed by atoms with van der Waals surface area (Å²) in [5.41, 5.74) is 2.75. The molecule has 1 N–H and O–H groups in total. The number of thiazole rings is 1. The van der Waals surface area contributed by atoms with E-state index in [0.29, 0.717) is 27.0 Å². The number of carbonyl (C=O) groups excluding carboxylic acids is 1. The van der Waals surface area contributed by atoms with E-state index in [1.54, 1.807) is 30.1 Å². The molecule has 0 spiro atoms. The maximum absolute atomic E-state index is 12.7. The zero-order valence-corrected chi connectivity index (χ0v) is 16.1. The average molecular weight is 399 g/mol. The highest BCUT2D eigenvalue weighted by Crippen LogP contribution is 2.37. The monoisotopic (exact) mass is 398 g/mol. The third-order valence-electron chi connectivity index (χ3n) is 4.15. The van der Waals surface area contributed by atoms with Crippen LogP contribution in [0.25, 0.3) is 15.9 Å². The molecular formula is C19H15ClN4O2S.